The van der Waals surface area contributed by atoms with E-state index in [1.165, 1.54) is 24.3 Å². The lowest BCUT2D eigenvalue weighted by Gasteiger charge is -2.10. The van der Waals surface area contributed by atoms with E-state index in [1.807, 2.05) is 0 Å². The Morgan fingerprint density at radius 1 is 1.15 bits per heavy atom. The third kappa shape index (κ3) is 3.03. The molecule has 20 heavy (non-hydrogen) atoms. The minimum absolute atomic E-state index is 0.147. The first-order valence-electron chi connectivity index (χ1n) is 5.84. The molecule has 2 aromatic rings. The van der Waals surface area contributed by atoms with Gasteiger partial charge in [0.15, 0.2) is 0 Å². The summed E-state index contributed by atoms with van der Waals surface area (Å²) in [6.07, 6.45) is 0. The summed E-state index contributed by atoms with van der Waals surface area (Å²) in [6, 6.07) is 8.00. The highest BCUT2D eigenvalue weighted by Gasteiger charge is 2.08. The molecule has 0 aliphatic rings. The predicted octanol–water partition coefficient (Wildman–Crippen LogP) is 2.26. The molecule has 0 heterocycles. The van der Waals surface area contributed by atoms with Crippen LogP contribution in [0.5, 0.6) is 0 Å². The molecule has 0 radical (unpaired) electrons. The number of hydrogen-bond donors (Lipinski definition) is 3. The predicted molar refractivity (Wildman–Crippen MR) is 73.1 cm³/mol. The van der Waals surface area contributed by atoms with Crippen molar-refractivity contribution < 1.29 is 13.6 Å². The Balaban J connectivity index is 2.15. The van der Waals surface area contributed by atoms with Crippen LogP contribution in [0, 0.1) is 11.6 Å². The minimum Gasteiger partial charge on any atom is -0.398 e. The molecular weight excluding hydrogens is 264 g/mol. The van der Waals surface area contributed by atoms with E-state index < -0.39 is 17.5 Å². The smallest absolute Gasteiger partial charge is 0.250 e. The van der Waals surface area contributed by atoms with Crippen molar-refractivity contribution in [2.45, 2.75) is 6.54 Å². The van der Waals surface area contributed by atoms with Crippen LogP contribution in [-0.2, 0) is 6.54 Å². The molecule has 1 amide bonds. The molecule has 0 saturated carbocycles. The fourth-order valence-corrected chi connectivity index (χ4v) is 1.74. The number of nitrogens with two attached hydrogens (primary N) is 2. The van der Waals surface area contributed by atoms with Crippen LogP contribution in [-0.4, -0.2) is 5.91 Å². The molecule has 104 valence electrons. The summed E-state index contributed by atoms with van der Waals surface area (Å²) in [7, 11) is 0. The van der Waals surface area contributed by atoms with Crippen LogP contribution in [0.4, 0.5) is 20.2 Å². The number of rotatable bonds is 4. The number of hydrogen-bond acceptors (Lipinski definition) is 3. The van der Waals surface area contributed by atoms with E-state index >= 15 is 0 Å². The quantitative estimate of drug-likeness (QED) is 0.750. The summed E-state index contributed by atoms with van der Waals surface area (Å²) < 4.78 is 26.2. The van der Waals surface area contributed by atoms with Gasteiger partial charge in [-0.1, -0.05) is 6.07 Å². The van der Waals surface area contributed by atoms with E-state index in [1.54, 1.807) is 6.07 Å². The van der Waals surface area contributed by atoms with Gasteiger partial charge in [0.05, 0.1) is 5.56 Å². The summed E-state index contributed by atoms with van der Waals surface area (Å²) in [5, 5.41) is 2.92. The summed E-state index contributed by atoms with van der Waals surface area (Å²) in [6.45, 7) is 0.147. The van der Waals surface area contributed by atoms with Crippen LogP contribution < -0.4 is 16.8 Å². The maximum absolute atomic E-state index is 13.5. The number of anilines is 2. The van der Waals surface area contributed by atoms with Gasteiger partial charge in [-0.3, -0.25) is 4.79 Å². The van der Waals surface area contributed by atoms with Crippen LogP contribution in [0.15, 0.2) is 36.4 Å². The molecule has 0 spiro atoms. The van der Waals surface area contributed by atoms with Gasteiger partial charge in [-0.25, -0.2) is 8.78 Å². The Bertz CT molecular complexity index is 659. The number of halogens is 2. The van der Waals surface area contributed by atoms with E-state index in [0.717, 1.165) is 6.07 Å². The summed E-state index contributed by atoms with van der Waals surface area (Å²) in [5.74, 6) is -1.91. The highest BCUT2D eigenvalue weighted by Crippen LogP contribution is 2.19. The maximum atomic E-state index is 13.5. The van der Waals surface area contributed by atoms with Crippen LogP contribution in [0.25, 0.3) is 0 Å². The number of amides is 1. The zero-order valence-corrected chi connectivity index (χ0v) is 10.5. The molecule has 0 saturated heterocycles. The second-order valence-corrected chi connectivity index (χ2v) is 4.26. The van der Waals surface area contributed by atoms with Crippen molar-refractivity contribution in [1.82, 2.24) is 0 Å². The molecule has 0 unspecified atom stereocenters. The minimum atomic E-state index is -0.640. The van der Waals surface area contributed by atoms with Gasteiger partial charge in [0.25, 0.3) is 5.91 Å². The van der Waals surface area contributed by atoms with E-state index in [2.05, 4.69) is 5.32 Å². The van der Waals surface area contributed by atoms with E-state index in [0.29, 0.717) is 11.3 Å². The third-order valence-corrected chi connectivity index (χ3v) is 2.82. The maximum Gasteiger partial charge on any atom is 0.250 e. The van der Waals surface area contributed by atoms with Crippen molar-refractivity contribution in [3.05, 3.63) is 59.2 Å². The Labute approximate surface area is 114 Å². The van der Waals surface area contributed by atoms with Gasteiger partial charge in [0.1, 0.15) is 11.6 Å². The van der Waals surface area contributed by atoms with Crippen molar-refractivity contribution in [3.8, 4) is 0 Å². The lowest BCUT2D eigenvalue weighted by molar-refractivity contribution is 0.100. The average Bonchev–Trinajstić information content (AvgIpc) is 2.39. The molecule has 0 aromatic heterocycles. The standard InChI is InChI=1S/C14H13F2N3O/c15-9-2-1-8(12(16)5-9)7-19-10-3-4-13(17)11(6-10)14(18)20/h1-6,19H,7,17H2,(H2,18,20). The number of nitrogens with one attached hydrogen (secondary N) is 1. The van der Waals surface area contributed by atoms with Crippen LogP contribution in [0.2, 0.25) is 0 Å². The number of primary amides is 1. The lowest BCUT2D eigenvalue weighted by Crippen LogP contribution is -2.14. The number of benzene rings is 2. The fraction of sp³-hybridized carbons (Fsp3) is 0.0714. The highest BCUT2D eigenvalue weighted by atomic mass is 19.1. The molecule has 0 fully saturated rings. The normalized spacial score (nSPS) is 10.3. The van der Waals surface area contributed by atoms with E-state index in [9.17, 15) is 13.6 Å². The Morgan fingerprint density at radius 3 is 2.55 bits per heavy atom. The summed E-state index contributed by atoms with van der Waals surface area (Å²) in [5.41, 5.74) is 12.1. The van der Waals surface area contributed by atoms with Gasteiger partial charge < -0.3 is 16.8 Å². The first kappa shape index (κ1) is 13.8. The molecule has 2 aromatic carbocycles. The first-order chi connectivity index (χ1) is 9.47. The van der Waals surface area contributed by atoms with Crippen molar-refractivity contribution in [2.24, 2.45) is 5.73 Å². The SMILES string of the molecule is NC(=O)c1cc(NCc2ccc(F)cc2F)ccc1N. The van der Waals surface area contributed by atoms with Crippen molar-refractivity contribution in [3.63, 3.8) is 0 Å². The number of carbonyl (C=O) groups is 1. The van der Waals surface area contributed by atoms with Gasteiger partial charge >= 0.3 is 0 Å². The molecule has 2 rings (SSSR count). The molecule has 6 heteroatoms. The highest BCUT2D eigenvalue weighted by molar-refractivity contribution is 5.98. The van der Waals surface area contributed by atoms with E-state index in [-0.39, 0.29) is 17.8 Å². The summed E-state index contributed by atoms with van der Waals surface area (Å²) >= 11 is 0. The molecular formula is C14H13F2N3O. The van der Waals surface area contributed by atoms with Crippen molar-refractivity contribution >= 4 is 17.3 Å². The van der Waals surface area contributed by atoms with Gasteiger partial charge in [-0.2, -0.15) is 0 Å². The topological polar surface area (TPSA) is 81.1 Å². The molecule has 5 N–H and O–H groups in total. The second kappa shape index (κ2) is 5.56. The monoisotopic (exact) mass is 277 g/mol. The largest absolute Gasteiger partial charge is 0.398 e. The Morgan fingerprint density at radius 2 is 1.90 bits per heavy atom. The molecule has 0 aliphatic heterocycles. The van der Waals surface area contributed by atoms with Crippen LogP contribution in [0.1, 0.15) is 15.9 Å². The number of carbonyl (C=O) groups excluding carboxylic acids is 1. The molecule has 4 nitrogen and oxygen atoms in total. The second-order valence-electron chi connectivity index (χ2n) is 4.26. The Hall–Kier alpha value is -2.63. The number of nitrogen functional groups attached to an aromatic ring is 1. The lowest BCUT2D eigenvalue weighted by atomic mass is 10.1. The first-order valence-corrected chi connectivity index (χ1v) is 5.84. The summed E-state index contributed by atoms with van der Waals surface area (Å²) in [4.78, 5) is 11.2. The van der Waals surface area contributed by atoms with Gasteiger partial charge in [-0.05, 0) is 24.3 Å². The van der Waals surface area contributed by atoms with Crippen molar-refractivity contribution in [2.75, 3.05) is 11.1 Å². The third-order valence-electron chi connectivity index (χ3n) is 2.82. The fourth-order valence-electron chi connectivity index (χ4n) is 1.74. The molecule has 0 aliphatic carbocycles. The van der Waals surface area contributed by atoms with Gasteiger partial charge in [-0.15, -0.1) is 0 Å². The van der Waals surface area contributed by atoms with E-state index in [4.69, 9.17) is 11.5 Å². The zero-order valence-electron chi connectivity index (χ0n) is 10.5. The van der Waals surface area contributed by atoms with Crippen LogP contribution >= 0.6 is 0 Å². The Kier molecular flexibility index (Phi) is 3.84. The average molecular weight is 277 g/mol. The van der Waals surface area contributed by atoms with Gasteiger partial charge in [0, 0.05) is 29.5 Å². The van der Waals surface area contributed by atoms with Crippen molar-refractivity contribution in [1.29, 1.82) is 0 Å². The zero-order chi connectivity index (χ0) is 14.7. The molecule has 0 atom stereocenters. The molecule has 0 bridgehead atoms. The van der Waals surface area contributed by atoms with Crippen LogP contribution in [0.3, 0.4) is 0 Å². The van der Waals surface area contributed by atoms with Gasteiger partial charge in [0.2, 0.25) is 0 Å².